The van der Waals surface area contributed by atoms with Gasteiger partial charge < -0.3 is 4.74 Å². The first-order valence-corrected chi connectivity index (χ1v) is 10.1. The van der Waals surface area contributed by atoms with Crippen LogP contribution in [0.2, 0.25) is 0 Å². The number of sulfonamides is 1. The highest BCUT2D eigenvalue weighted by atomic mass is 32.2. The Morgan fingerprint density at radius 1 is 1.27 bits per heavy atom. The molecule has 1 saturated heterocycles. The van der Waals surface area contributed by atoms with Gasteiger partial charge in [-0.2, -0.15) is 9.40 Å². The number of ether oxygens (including phenoxy) is 1. The summed E-state index contributed by atoms with van der Waals surface area (Å²) in [6.07, 6.45) is 2.18. The van der Waals surface area contributed by atoms with Crippen molar-refractivity contribution in [1.82, 2.24) is 19.1 Å². The van der Waals surface area contributed by atoms with E-state index in [1.807, 2.05) is 6.92 Å². The average Bonchev–Trinajstić information content (AvgIpc) is 3.29. The van der Waals surface area contributed by atoms with E-state index in [-0.39, 0.29) is 29.8 Å². The Morgan fingerprint density at radius 2 is 2.00 bits per heavy atom. The number of benzene rings is 1. The van der Waals surface area contributed by atoms with Gasteiger partial charge in [0.25, 0.3) is 0 Å². The third-order valence-electron chi connectivity index (χ3n) is 4.78. The van der Waals surface area contributed by atoms with Gasteiger partial charge in [-0.15, -0.1) is 0 Å². The second-order valence-electron chi connectivity index (χ2n) is 6.97. The maximum Gasteiger partial charge on any atom is 0.247 e. The predicted molar refractivity (Wildman–Crippen MR) is 91.9 cm³/mol. The van der Waals surface area contributed by atoms with Crippen LogP contribution in [0.3, 0.4) is 0 Å². The summed E-state index contributed by atoms with van der Waals surface area (Å²) < 4.78 is 48.3. The van der Waals surface area contributed by atoms with Crippen molar-refractivity contribution in [3.8, 4) is 5.75 Å². The molecule has 0 unspecified atom stereocenters. The molecule has 26 heavy (non-hydrogen) atoms. The number of hydrogen-bond acceptors (Lipinski definition) is 5. The highest BCUT2D eigenvalue weighted by molar-refractivity contribution is 7.89. The summed E-state index contributed by atoms with van der Waals surface area (Å²) in [5.41, 5.74) is 0. The lowest BCUT2D eigenvalue weighted by atomic mass is 10.2. The van der Waals surface area contributed by atoms with Crippen LogP contribution in [-0.2, 0) is 10.0 Å². The molecule has 2 heterocycles. The molecule has 0 bridgehead atoms. The van der Waals surface area contributed by atoms with Gasteiger partial charge in [0.2, 0.25) is 10.0 Å². The third kappa shape index (κ3) is 3.21. The smallest absolute Gasteiger partial charge is 0.247 e. The van der Waals surface area contributed by atoms with Crippen LogP contribution in [0.25, 0.3) is 0 Å². The van der Waals surface area contributed by atoms with E-state index < -0.39 is 15.8 Å². The van der Waals surface area contributed by atoms with Crippen LogP contribution in [-0.4, -0.2) is 47.2 Å². The molecule has 0 amide bonds. The Balaban J connectivity index is 1.53. The molecule has 1 aromatic heterocycles. The van der Waals surface area contributed by atoms with Crippen LogP contribution in [0, 0.1) is 25.6 Å². The van der Waals surface area contributed by atoms with Crippen molar-refractivity contribution >= 4 is 10.0 Å². The standard InChI is InChI=1S/C17H21FN4O3S/c1-11-19-12(2)22(20-11)15-8-21(9-15)26(23,24)17-7-14(18)5-6-16(17)25-10-13-3-4-13/h5-7,13,15H,3-4,8-10H2,1-2H3. The molecular weight excluding hydrogens is 359 g/mol. The second-order valence-corrected chi connectivity index (χ2v) is 8.88. The zero-order valence-electron chi connectivity index (χ0n) is 14.7. The van der Waals surface area contributed by atoms with Crippen LogP contribution in [0.1, 0.15) is 30.5 Å². The first-order chi connectivity index (χ1) is 12.3. The molecule has 1 aromatic carbocycles. The summed E-state index contributed by atoms with van der Waals surface area (Å²) >= 11 is 0. The fraction of sp³-hybridized carbons (Fsp3) is 0.529. The van der Waals surface area contributed by atoms with Gasteiger partial charge in [-0.3, -0.25) is 0 Å². The molecule has 0 atom stereocenters. The largest absolute Gasteiger partial charge is 0.492 e. The summed E-state index contributed by atoms with van der Waals surface area (Å²) in [4.78, 5) is 4.14. The van der Waals surface area contributed by atoms with E-state index in [1.165, 1.54) is 16.4 Å². The molecule has 4 rings (SSSR count). The third-order valence-corrected chi connectivity index (χ3v) is 6.63. The van der Waals surface area contributed by atoms with Gasteiger partial charge in [0, 0.05) is 13.1 Å². The molecule has 9 heteroatoms. The molecule has 2 aromatic rings. The van der Waals surface area contributed by atoms with Gasteiger partial charge in [0.15, 0.2) is 0 Å². The zero-order chi connectivity index (χ0) is 18.5. The van der Waals surface area contributed by atoms with E-state index in [1.54, 1.807) is 11.6 Å². The molecule has 0 N–H and O–H groups in total. The normalized spacial score (nSPS) is 18.7. The van der Waals surface area contributed by atoms with E-state index in [4.69, 9.17) is 4.74 Å². The minimum atomic E-state index is -3.82. The molecule has 140 valence electrons. The quantitative estimate of drug-likeness (QED) is 0.767. The average molecular weight is 380 g/mol. The number of aryl methyl sites for hydroxylation is 2. The molecule has 0 radical (unpaired) electrons. The van der Waals surface area contributed by atoms with Crippen molar-refractivity contribution in [2.75, 3.05) is 19.7 Å². The predicted octanol–water partition coefficient (Wildman–Crippen LogP) is 2.07. The lowest BCUT2D eigenvalue weighted by molar-refractivity contribution is 0.187. The number of nitrogens with zero attached hydrogens (tertiary/aromatic N) is 4. The topological polar surface area (TPSA) is 77.3 Å². The molecule has 1 aliphatic heterocycles. The molecule has 0 spiro atoms. The van der Waals surface area contributed by atoms with Crippen molar-refractivity contribution in [2.45, 2.75) is 37.6 Å². The van der Waals surface area contributed by atoms with Crippen LogP contribution in [0.5, 0.6) is 5.75 Å². The molecule has 1 aliphatic carbocycles. The monoisotopic (exact) mass is 380 g/mol. The molecule has 2 fully saturated rings. The second kappa shape index (κ2) is 6.31. The summed E-state index contributed by atoms with van der Waals surface area (Å²) in [6, 6.07) is 3.60. The summed E-state index contributed by atoms with van der Waals surface area (Å²) in [6.45, 7) is 4.67. The van der Waals surface area contributed by atoms with Gasteiger partial charge in [-0.25, -0.2) is 22.5 Å². The Labute approximate surface area is 151 Å². The Hall–Kier alpha value is -2.00. The van der Waals surface area contributed by atoms with Gasteiger partial charge in [-0.05, 0) is 50.8 Å². The van der Waals surface area contributed by atoms with E-state index in [0.717, 1.165) is 24.7 Å². The van der Waals surface area contributed by atoms with E-state index in [0.29, 0.717) is 18.3 Å². The number of hydrogen-bond donors (Lipinski definition) is 0. The Morgan fingerprint density at radius 3 is 2.62 bits per heavy atom. The molecular formula is C17H21FN4O3S. The van der Waals surface area contributed by atoms with Gasteiger partial charge >= 0.3 is 0 Å². The lowest BCUT2D eigenvalue weighted by Crippen LogP contribution is -2.51. The van der Waals surface area contributed by atoms with Crippen LogP contribution in [0.15, 0.2) is 23.1 Å². The summed E-state index contributed by atoms with van der Waals surface area (Å²) in [5, 5.41) is 4.31. The van der Waals surface area contributed by atoms with Gasteiger partial charge in [0.1, 0.15) is 28.1 Å². The summed E-state index contributed by atoms with van der Waals surface area (Å²) in [5.74, 6) is 1.51. The molecule has 2 aliphatic rings. The van der Waals surface area contributed by atoms with E-state index >= 15 is 0 Å². The number of halogens is 1. The van der Waals surface area contributed by atoms with E-state index in [2.05, 4.69) is 10.1 Å². The number of rotatable bonds is 6. The lowest BCUT2D eigenvalue weighted by Gasteiger charge is -2.38. The minimum absolute atomic E-state index is 0.0598. The van der Waals surface area contributed by atoms with Gasteiger partial charge in [-0.1, -0.05) is 0 Å². The van der Waals surface area contributed by atoms with Crippen LogP contribution >= 0.6 is 0 Å². The van der Waals surface area contributed by atoms with Crippen molar-refractivity contribution < 1.29 is 17.5 Å². The SMILES string of the molecule is Cc1nc(C)n(C2CN(S(=O)(=O)c3cc(F)ccc3OCC3CC3)C2)n1. The molecule has 7 nitrogen and oxygen atoms in total. The number of aromatic nitrogens is 3. The fourth-order valence-electron chi connectivity index (χ4n) is 3.08. The Kier molecular flexibility index (Phi) is 4.23. The zero-order valence-corrected chi connectivity index (χ0v) is 15.5. The molecule has 1 saturated carbocycles. The van der Waals surface area contributed by atoms with Crippen LogP contribution in [0.4, 0.5) is 4.39 Å². The maximum absolute atomic E-state index is 13.7. The minimum Gasteiger partial charge on any atom is -0.492 e. The van der Waals surface area contributed by atoms with Crippen molar-refractivity contribution in [1.29, 1.82) is 0 Å². The van der Waals surface area contributed by atoms with E-state index in [9.17, 15) is 12.8 Å². The van der Waals surface area contributed by atoms with Crippen molar-refractivity contribution in [2.24, 2.45) is 5.92 Å². The van der Waals surface area contributed by atoms with Crippen molar-refractivity contribution in [3.63, 3.8) is 0 Å². The highest BCUT2D eigenvalue weighted by Crippen LogP contribution is 2.35. The maximum atomic E-state index is 13.7. The van der Waals surface area contributed by atoms with Gasteiger partial charge in [0.05, 0.1) is 12.6 Å². The van der Waals surface area contributed by atoms with Crippen LogP contribution < -0.4 is 4.74 Å². The van der Waals surface area contributed by atoms with Crippen molar-refractivity contribution in [3.05, 3.63) is 35.7 Å². The first kappa shape index (κ1) is 17.4. The highest BCUT2D eigenvalue weighted by Gasteiger charge is 2.40. The Bertz CT molecular complexity index is 933. The first-order valence-electron chi connectivity index (χ1n) is 8.67. The summed E-state index contributed by atoms with van der Waals surface area (Å²) in [7, 11) is -3.82. The fourth-order valence-corrected chi connectivity index (χ4v) is 4.74.